The number of hydrogen-bond donors (Lipinski definition) is 1. The Bertz CT molecular complexity index is 879. The number of nitrogens with zero attached hydrogens (tertiary/aromatic N) is 2. The smallest absolute Gasteiger partial charge is 0.288 e. The Kier molecular flexibility index (Phi) is 5.17. The summed E-state index contributed by atoms with van der Waals surface area (Å²) >= 11 is 5.74. The molecule has 0 unspecified atom stereocenters. The van der Waals surface area contributed by atoms with Gasteiger partial charge in [0.05, 0.1) is 0 Å². The Morgan fingerprint density at radius 2 is 1.96 bits per heavy atom. The van der Waals surface area contributed by atoms with E-state index in [2.05, 4.69) is 10.3 Å². The van der Waals surface area contributed by atoms with Crippen molar-refractivity contribution in [1.29, 1.82) is 0 Å². The molecule has 0 radical (unpaired) electrons. The number of hydrogen-bond acceptors (Lipinski definition) is 5. The van der Waals surface area contributed by atoms with E-state index in [0.717, 1.165) is 4.57 Å². The summed E-state index contributed by atoms with van der Waals surface area (Å²) < 4.78 is 25.7. The second-order valence-electron chi connectivity index (χ2n) is 4.63. The van der Waals surface area contributed by atoms with Crippen LogP contribution >= 0.6 is 11.6 Å². The molecule has 122 valence electrons. The van der Waals surface area contributed by atoms with Crippen LogP contribution in [-0.4, -0.2) is 29.6 Å². The van der Waals surface area contributed by atoms with Crippen LogP contribution < -0.4 is 10.9 Å². The molecule has 0 saturated heterocycles. The minimum Gasteiger partial charge on any atom is -0.325 e. The maximum atomic E-state index is 12.3. The van der Waals surface area contributed by atoms with Gasteiger partial charge in [0.1, 0.15) is 10.9 Å². The highest BCUT2D eigenvalue weighted by atomic mass is 35.5. The first-order chi connectivity index (χ1) is 10.8. The summed E-state index contributed by atoms with van der Waals surface area (Å²) in [7, 11) is -4.21. The third-order valence-corrected chi connectivity index (χ3v) is 4.61. The summed E-state index contributed by atoms with van der Waals surface area (Å²) in [4.78, 5) is 27.5. The van der Waals surface area contributed by atoms with Gasteiger partial charge in [0.15, 0.2) is 0 Å². The van der Waals surface area contributed by atoms with E-state index in [1.807, 2.05) is 0 Å². The van der Waals surface area contributed by atoms with E-state index in [1.165, 1.54) is 6.20 Å². The Morgan fingerprint density at radius 1 is 1.30 bits per heavy atom. The van der Waals surface area contributed by atoms with E-state index in [0.29, 0.717) is 5.69 Å². The second kappa shape index (κ2) is 6.93. The average molecular weight is 356 g/mol. The molecule has 0 spiro atoms. The first kappa shape index (κ1) is 17.2. The van der Waals surface area contributed by atoms with Gasteiger partial charge in [0, 0.05) is 18.4 Å². The van der Waals surface area contributed by atoms with Crippen molar-refractivity contribution in [1.82, 2.24) is 9.55 Å². The van der Waals surface area contributed by atoms with Crippen LogP contribution in [0.4, 0.5) is 5.69 Å². The number of carbonyl (C=O) groups excluding carboxylic acids is 1. The Labute approximate surface area is 137 Å². The van der Waals surface area contributed by atoms with E-state index in [1.54, 1.807) is 37.3 Å². The van der Waals surface area contributed by atoms with E-state index in [-0.39, 0.29) is 11.7 Å². The lowest BCUT2D eigenvalue weighted by molar-refractivity contribution is -0.113. The molecule has 1 amide bonds. The second-order valence-corrected chi connectivity index (χ2v) is 6.93. The molecule has 23 heavy (non-hydrogen) atoms. The summed E-state index contributed by atoms with van der Waals surface area (Å²) in [5.74, 6) is -1.66. The molecule has 0 aliphatic heterocycles. The van der Waals surface area contributed by atoms with Crippen LogP contribution in [0.25, 0.3) is 0 Å². The Balaban J connectivity index is 2.27. The highest BCUT2D eigenvalue weighted by molar-refractivity contribution is 7.92. The van der Waals surface area contributed by atoms with Gasteiger partial charge in [0.25, 0.3) is 5.56 Å². The quantitative estimate of drug-likeness (QED) is 0.872. The van der Waals surface area contributed by atoms with Crippen molar-refractivity contribution in [2.24, 2.45) is 0 Å². The molecule has 1 aromatic heterocycles. The molecule has 0 bridgehead atoms. The van der Waals surface area contributed by atoms with Gasteiger partial charge in [0.2, 0.25) is 20.8 Å². The first-order valence-corrected chi connectivity index (χ1v) is 8.71. The molecule has 2 rings (SSSR count). The lowest BCUT2D eigenvalue weighted by atomic mass is 10.3. The van der Waals surface area contributed by atoms with Crippen molar-refractivity contribution in [2.75, 3.05) is 11.1 Å². The highest BCUT2D eigenvalue weighted by Gasteiger charge is 2.26. The van der Waals surface area contributed by atoms with E-state index in [9.17, 15) is 18.0 Å². The standard InChI is InChI=1S/C14H14ClN3O4S/c1-2-18-8-11(15)17-13(14(18)20)23(21,22)9-12(19)16-10-6-4-3-5-7-10/h3-8H,2,9H2,1H3,(H,16,19). The maximum absolute atomic E-state index is 12.3. The summed E-state index contributed by atoms with van der Waals surface area (Å²) in [6.07, 6.45) is 1.24. The van der Waals surface area contributed by atoms with Crippen LogP contribution in [0.1, 0.15) is 6.92 Å². The zero-order valence-electron chi connectivity index (χ0n) is 12.2. The van der Waals surface area contributed by atoms with E-state index >= 15 is 0 Å². The molecule has 9 heteroatoms. The minimum absolute atomic E-state index is 0.131. The maximum Gasteiger partial charge on any atom is 0.288 e. The molecule has 0 aliphatic carbocycles. The molecule has 0 fully saturated rings. The number of anilines is 1. The lowest BCUT2D eigenvalue weighted by Gasteiger charge is -2.08. The number of rotatable bonds is 5. The third-order valence-electron chi connectivity index (χ3n) is 2.93. The molecule has 0 saturated carbocycles. The van der Waals surface area contributed by atoms with Gasteiger partial charge in [-0.1, -0.05) is 29.8 Å². The van der Waals surface area contributed by atoms with Gasteiger partial charge in [-0.2, -0.15) is 0 Å². The Morgan fingerprint density at radius 3 is 2.57 bits per heavy atom. The monoisotopic (exact) mass is 355 g/mol. The fourth-order valence-corrected chi connectivity index (χ4v) is 3.31. The zero-order chi connectivity index (χ0) is 17.0. The van der Waals surface area contributed by atoms with Gasteiger partial charge in [-0.3, -0.25) is 9.59 Å². The highest BCUT2D eigenvalue weighted by Crippen LogP contribution is 2.10. The molecular weight excluding hydrogens is 342 g/mol. The van der Waals surface area contributed by atoms with Crippen molar-refractivity contribution in [3.05, 3.63) is 52.0 Å². The van der Waals surface area contributed by atoms with Gasteiger partial charge >= 0.3 is 0 Å². The fraction of sp³-hybridized carbons (Fsp3) is 0.214. The van der Waals surface area contributed by atoms with E-state index in [4.69, 9.17) is 11.6 Å². The van der Waals surface area contributed by atoms with Crippen molar-refractivity contribution in [3.8, 4) is 0 Å². The topological polar surface area (TPSA) is 98.1 Å². The van der Waals surface area contributed by atoms with Gasteiger partial charge < -0.3 is 9.88 Å². The fourth-order valence-electron chi connectivity index (χ4n) is 1.88. The largest absolute Gasteiger partial charge is 0.325 e. The summed E-state index contributed by atoms with van der Waals surface area (Å²) in [5, 5.41) is 1.58. The summed E-state index contributed by atoms with van der Waals surface area (Å²) in [6, 6.07) is 8.39. The molecule has 0 aliphatic rings. The van der Waals surface area contributed by atoms with Crippen LogP contribution in [0.3, 0.4) is 0 Å². The predicted molar refractivity (Wildman–Crippen MR) is 86.3 cm³/mol. The number of nitrogens with one attached hydrogen (secondary N) is 1. The number of amides is 1. The number of aryl methyl sites for hydroxylation is 1. The number of halogens is 1. The Hall–Kier alpha value is -2.19. The number of para-hydroxylation sites is 1. The predicted octanol–water partition coefficient (Wildman–Crippen LogP) is 1.33. The average Bonchev–Trinajstić information content (AvgIpc) is 2.49. The van der Waals surface area contributed by atoms with Crippen LogP contribution in [0.15, 0.2) is 46.3 Å². The number of aromatic nitrogens is 2. The van der Waals surface area contributed by atoms with Gasteiger partial charge in [-0.15, -0.1) is 0 Å². The number of sulfone groups is 1. The van der Waals surface area contributed by atoms with Crippen LogP contribution in [0, 0.1) is 0 Å². The van der Waals surface area contributed by atoms with Gasteiger partial charge in [-0.05, 0) is 19.1 Å². The molecule has 0 atom stereocenters. The molecule has 1 N–H and O–H groups in total. The van der Waals surface area contributed by atoms with Crippen LogP contribution in [0.5, 0.6) is 0 Å². The lowest BCUT2D eigenvalue weighted by Crippen LogP contribution is -2.31. The summed E-state index contributed by atoms with van der Waals surface area (Å²) in [6.45, 7) is 1.90. The summed E-state index contributed by atoms with van der Waals surface area (Å²) in [5.41, 5.74) is -0.345. The SMILES string of the molecule is CCn1cc(Cl)nc(S(=O)(=O)CC(=O)Nc2ccccc2)c1=O. The van der Waals surface area contributed by atoms with Crippen molar-refractivity contribution < 1.29 is 13.2 Å². The molecule has 1 aromatic carbocycles. The minimum atomic E-state index is -4.21. The first-order valence-electron chi connectivity index (χ1n) is 6.68. The molecular formula is C14H14ClN3O4S. The third kappa shape index (κ3) is 4.17. The number of carbonyl (C=O) groups is 1. The van der Waals surface area contributed by atoms with E-state index < -0.39 is 32.1 Å². The van der Waals surface area contributed by atoms with Crippen molar-refractivity contribution in [3.63, 3.8) is 0 Å². The van der Waals surface area contributed by atoms with Crippen molar-refractivity contribution in [2.45, 2.75) is 18.5 Å². The molecule has 1 heterocycles. The van der Waals surface area contributed by atoms with Crippen LogP contribution in [0.2, 0.25) is 5.15 Å². The van der Waals surface area contributed by atoms with Gasteiger partial charge in [-0.25, -0.2) is 13.4 Å². The van der Waals surface area contributed by atoms with Crippen LogP contribution in [-0.2, 0) is 21.2 Å². The molecule has 2 aromatic rings. The molecule has 7 nitrogen and oxygen atoms in total. The zero-order valence-corrected chi connectivity index (χ0v) is 13.8. The van der Waals surface area contributed by atoms with Crippen molar-refractivity contribution >= 4 is 33.0 Å². The number of benzene rings is 1. The normalized spacial score (nSPS) is 11.2.